The number of hydrogen-bond donors (Lipinski definition) is 2. The Bertz CT molecular complexity index is 483. The van der Waals surface area contributed by atoms with Gasteiger partial charge in [-0.1, -0.05) is 13.8 Å². The van der Waals surface area contributed by atoms with Crippen LogP contribution in [0.1, 0.15) is 46.1 Å². The van der Waals surface area contributed by atoms with Crippen LogP contribution in [0, 0.1) is 12.8 Å². The summed E-state index contributed by atoms with van der Waals surface area (Å²) in [5.41, 5.74) is 0.449. The normalized spacial score (nSPS) is 13.0. The van der Waals surface area contributed by atoms with Gasteiger partial charge in [-0.2, -0.15) is 0 Å². The molecule has 0 aliphatic carbocycles. The van der Waals surface area contributed by atoms with Crippen LogP contribution in [0.25, 0.3) is 0 Å². The van der Waals surface area contributed by atoms with Gasteiger partial charge >= 0.3 is 6.09 Å². The van der Waals surface area contributed by atoms with E-state index in [0.29, 0.717) is 19.0 Å². The number of carbonyl (C=O) groups excluding carboxylic acids is 1. The molecule has 1 heterocycles. The van der Waals surface area contributed by atoms with Crippen molar-refractivity contribution in [2.75, 3.05) is 6.54 Å². The molecule has 0 bridgehead atoms. The maximum atomic E-state index is 11.9. The van der Waals surface area contributed by atoms with Crippen LogP contribution < -0.4 is 10.6 Å². The second-order valence-electron chi connectivity index (χ2n) is 6.72. The van der Waals surface area contributed by atoms with E-state index in [-0.39, 0.29) is 12.1 Å². The summed E-state index contributed by atoms with van der Waals surface area (Å²) >= 11 is 0. The summed E-state index contributed by atoms with van der Waals surface area (Å²) in [6.45, 7) is 12.9. The van der Waals surface area contributed by atoms with E-state index in [1.54, 1.807) is 6.20 Å². The lowest BCUT2D eigenvalue weighted by atomic mass is 10.0. The van der Waals surface area contributed by atoms with Gasteiger partial charge in [0.25, 0.3) is 0 Å². The van der Waals surface area contributed by atoms with Gasteiger partial charge in [0.15, 0.2) is 0 Å². The monoisotopic (exact) mass is 308 g/mol. The summed E-state index contributed by atoms with van der Waals surface area (Å²) in [7, 11) is 0. The SMILES string of the molecule is Cc1nccc(CNCC(NC(=O)OC(C)(C)C)C(C)C)n1. The molecule has 0 fully saturated rings. The highest BCUT2D eigenvalue weighted by Gasteiger charge is 2.21. The maximum Gasteiger partial charge on any atom is 0.407 e. The predicted molar refractivity (Wildman–Crippen MR) is 86.5 cm³/mol. The van der Waals surface area contributed by atoms with E-state index in [0.717, 1.165) is 11.5 Å². The number of nitrogens with zero attached hydrogens (tertiary/aromatic N) is 2. The van der Waals surface area contributed by atoms with Crippen molar-refractivity contribution in [1.82, 2.24) is 20.6 Å². The fourth-order valence-corrected chi connectivity index (χ4v) is 1.87. The number of hydrogen-bond acceptors (Lipinski definition) is 5. The Morgan fingerprint density at radius 1 is 1.36 bits per heavy atom. The minimum absolute atomic E-state index is 0.00205. The lowest BCUT2D eigenvalue weighted by molar-refractivity contribution is 0.0490. The van der Waals surface area contributed by atoms with E-state index in [9.17, 15) is 4.79 Å². The van der Waals surface area contributed by atoms with Gasteiger partial charge in [0.1, 0.15) is 11.4 Å². The zero-order valence-corrected chi connectivity index (χ0v) is 14.4. The Morgan fingerprint density at radius 3 is 2.59 bits per heavy atom. The summed E-state index contributed by atoms with van der Waals surface area (Å²) in [4.78, 5) is 20.3. The molecule has 22 heavy (non-hydrogen) atoms. The zero-order valence-electron chi connectivity index (χ0n) is 14.4. The molecule has 1 unspecified atom stereocenters. The quantitative estimate of drug-likeness (QED) is 0.844. The molecule has 1 amide bonds. The average Bonchev–Trinajstić information content (AvgIpc) is 2.35. The molecule has 1 aromatic heterocycles. The first kappa shape index (κ1) is 18.4. The van der Waals surface area contributed by atoms with Gasteiger partial charge in [-0.3, -0.25) is 0 Å². The van der Waals surface area contributed by atoms with Gasteiger partial charge in [0.05, 0.1) is 5.69 Å². The molecule has 1 aromatic rings. The van der Waals surface area contributed by atoms with Crippen molar-refractivity contribution in [2.24, 2.45) is 5.92 Å². The van der Waals surface area contributed by atoms with Crippen LogP contribution in [-0.2, 0) is 11.3 Å². The molecule has 0 radical (unpaired) electrons. The molecular weight excluding hydrogens is 280 g/mol. The topological polar surface area (TPSA) is 76.1 Å². The Balaban J connectivity index is 2.46. The molecule has 1 rings (SSSR count). The number of aryl methyl sites for hydroxylation is 1. The average molecular weight is 308 g/mol. The number of amides is 1. The molecule has 0 aliphatic rings. The van der Waals surface area contributed by atoms with Crippen LogP contribution in [0.2, 0.25) is 0 Å². The van der Waals surface area contributed by atoms with Crippen LogP contribution in [0.4, 0.5) is 4.79 Å². The van der Waals surface area contributed by atoms with Crippen molar-refractivity contribution in [3.8, 4) is 0 Å². The fourth-order valence-electron chi connectivity index (χ4n) is 1.87. The molecule has 0 saturated carbocycles. The Kier molecular flexibility index (Phi) is 6.74. The Labute approximate surface area is 133 Å². The largest absolute Gasteiger partial charge is 0.444 e. The molecule has 2 N–H and O–H groups in total. The van der Waals surface area contributed by atoms with E-state index in [1.807, 2.05) is 33.8 Å². The molecule has 0 aliphatic heterocycles. The highest BCUT2D eigenvalue weighted by atomic mass is 16.6. The molecular formula is C16H28N4O2. The van der Waals surface area contributed by atoms with Crippen LogP contribution in [0.5, 0.6) is 0 Å². The third-order valence-corrected chi connectivity index (χ3v) is 3.01. The van der Waals surface area contributed by atoms with Gasteiger partial charge in [-0.15, -0.1) is 0 Å². The zero-order chi connectivity index (χ0) is 16.8. The molecule has 6 heteroatoms. The van der Waals surface area contributed by atoms with Crippen molar-refractivity contribution >= 4 is 6.09 Å². The second kappa shape index (κ2) is 8.08. The fraction of sp³-hybridized carbons (Fsp3) is 0.688. The second-order valence-corrected chi connectivity index (χ2v) is 6.72. The highest BCUT2D eigenvalue weighted by molar-refractivity contribution is 5.68. The molecule has 0 aromatic carbocycles. The first-order valence-corrected chi connectivity index (χ1v) is 7.66. The van der Waals surface area contributed by atoms with Crippen LogP contribution in [-0.4, -0.2) is 34.2 Å². The van der Waals surface area contributed by atoms with Crippen molar-refractivity contribution < 1.29 is 9.53 Å². The summed E-state index contributed by atoms with van der Waals surface area (Å²) < 4.78 is 5.30. The highest BCUT2D eigenvalue weighted by Crippen LogP contribution is 2.08. The van der Waals surface area contributed by atoms with Crippen molar-refractivity contribution in [3.05, 3.63) is 23.8 Å². The Morgan fingerprint density at radius 2 is 2.05 bits per heavy atom. The van der Waals surface area contributed by atoms with Gasteiger partial charge in [-0.05, 0) is 39.7 Å². The summed E-state index contributed by atoms with van der Waals surface area (Å²) in [5, 5.41) is 6.23. The minimum atomic E-state index is -0.489. The summed E-state index contributed by atoms with van der Waals surface area (Å²) in [5.74, 6) is 1.05. The lowest BCUT2D eigenvalue weighted by Crippen LogP contribution is -2.47. The van der Waals surface area contributed by atoms with E-state index >= 15 is 0 Å². The number of nitrogens with one attached hydrogen (secondary N) is 2. The van der Waals surface area contributed by atoms with Crippen LogP contribution >= 0.6 is 0 Å². The predicted octanol–water partition coefficient (Wildman–Crippen LogP) is 2.42. The lowest BCUT2D eigenvalue weighted by Gasteiger charge is -2.26. The third-order valence-electron chi connectivity index (χ3n) is 3.01. The maximum absolute atomic E-state index is 11.9. The number of aromatic nitrogens is 2. The van der Waals surface area contributed by atoms with Gasteiger partial charge in [-0.25, -0.2) is 14.8 Å². The van der Waals surface area contributed by atoms with E-state index in [2.05, 4.69) is 34.4 Å². The third kappa shape index (κ3) is 7.36. The van der Waals surface area contributed by atoms with E-state index in [4.69, 9.17) is 4.74 Å². The standard InChI is InChI=1S/C16H28N4O2/c1-11(2)14(20-15(21)22-16(4,5)6)10-17-9-13-7-8-18-12(3)19-13/h7-8,11,14,17H,9-10H2,1-6H3,(H,20,21). The molecule has 0 spiro atoms. The van der Waals surface area contributed by atoms with E-state index < -0.39 is 5.60 Å². The minimum Gasteiger partial charge on any atom is -0.444 e. The first-order chi connectivity index (χ1) is 10.2. The summed E-state index contributed by atoms with van der Waals surface area (Å²) in [6.07, 6.45) is 1.36. The van der Waals surface area contributed by atoms with Gasteiger partial charge < -0.3 is 15.4 Å². The smallest absolute Gasteiger partial charge is 0.407 e. The first-order valence-electron chi connectivity index (χ1n) is 7.66. The van der Waals surface area contributed by atoms with E-state index in [1.165, 1.54) is 0 Å². The van der Waals surface area contributed by atoms with Gasteiger partial charge in [0.2, 0.25) is 0 Å². The molecule has 1 atom stereocenters. The summed E-state index contributed by atoms with van der Waals surface area (Å²) in [6, 6.07) is 1.88. The Hall–Kier alpha value is -1.69. The number of ether oxygens (including phenoxy) is 1. The number of carbonyl (C=O) groups is 1. The number of rotatable bonds is 6. The van der Waals surface area contributed by atoms with Crippen LogP contribution in [0.3, 0.4) is 0 Å². The molecule has 124 valence electrons. The van der Waals surface area contributed by atoms with Gasteiger partial charge in [0, 0.05) is 25.3 Å². The molecule has 0 saturated heterocycles. The van der Waals surface area contributed by atoms with Crippen molar-refractivity contribution in [1.29, 1.82) is 0 Å². The van der Waals surface area contributed by atoms with Crippen LogP contribution in [0.15, 0.2) is 12.3 Å². The van der Waals surface area contributed by atoms with Crippen molar-refractivity contribution in [2.45, 2.75) is 59.7 Å². The van der Waals surface area contributed by atoms with Crippen molar-refractivity contribution in [3.63, 3.8) is 0 Å². The number of alkyl carbamates (subject to hydrolysis) is 1. The molecule has 6 nitrogen and oxygen atoms in total.